The highest BCUT2D eigenvalue weighted by Gasteiger charge is 2.11. The van der Waals surface area contributed by atoms with Crippen molar-refractivity contribution < 1.29 is 4.79 Å². The van der Waals surface area contributed by atoms with E-state index in [1.807, 2.05) is 73.1 Å². The Bertz CT molecular complexity index is 1140. The van der Waals surface area contributed by atoms with Crippen LogP contribution in [0.3, 0.4) is 0 Å². The lowest BCUT2D eigenvalue weighted by molar-refractivity contribution is 0.102. The molecule has 0 aliphatic rings. The predicted molar refractivity (Wildman–Crippen MR) is 109 cm³/mol. The molecule has 27 heavy (non-hydrogen) atoms. The Kier molecular flexibility index (Phi) is 4.24. The normalized spacial score (nSPS) is 10.9. The fourth-order valence-corrected chi connectivity index (χ4v) is 3.04. The van der Waals surface area contributed by atoms with E-state index in [9.17, 15) is 4.79 Å². The van der Waals surface area contributed by atoms with Gasteiger partial charge in [-0.2, -0.15) is 0 Å². The van der Waals surface area contributed by atoms with Gasteiger partial charge in [-0.15, -0.1) is 0 Å². The third kappa shape index (κ3) is 3.47. The van der Waals surface area contributed by atoms with Crippen molar-refractivity contribution in [2.75, 3.05) is 5.32 Å². The number of rotatable bonds is 3. The maximum Gasteiger partial charge on any atom is 0.255 e. The average Bonchev–Trinajstić information content (AvgIpc) is 3.07. The van der Waals surface area contributed by atoms with E-state index in [1.165, 1.54) is 5.56 Å². The number of fused-ring (bicyclic) bond motifs is 1. The number of nitrogens with zero attached hydrogens (tertiary/aromatic N) is 2. The minimum absolute atomic E-state index is 0.110. The zero-order valence-corrected chi connectivity index (χ0v) is 15.7. The van der Waals surface area contributed by atoms with Gasteiger partial charge in [0.2, 0.25) is 0 Å². The van der Waals surface area contributed by atoms with Crippen LogP contribution in [0.1, 0.15) is 27.0 Å². The first-order valence-electron chi connectivity index (χ1n) is 8.94. The smallest absolute Gasteiger partial charge is 0.255 e. The molecule has 4 aromatic rings. The minimum atomic E-state index is -0.110. The number of carbonyl (C=O) groups is 1. The first-order chi connectivity index (χ1) is 13.0. The van der Waals surface area contributed by atoms with Crippen molar-refractivity contribution in [3.8, 4) is 11.3 Å². The van der Waals surface area contributed by atoms with E-state index >= 15 is 0 Å². The molecule has 0 spiro atoms. The molecule has 1 amide bonds. The van der Waals surface area contributed by atoms with Crippen molar-refractivity contribution in [3.05, 3.63) is 89.2 Å². The van der Waals surface area contributed by atoms with Crippen LogP contribution in [-0.4, -0.2) is 15.3 Å². The number of carbonyl (C=O) groups excluding carboxylic acids is 1. The van der Waals surface area contributed by atoms with E-state index in [-0.39, 0.29) is 5.91 Å². The standard InChI is InChI=1S/C23H21N3O/c1-15-4-7-18(8-5-15)23(27)25-20-13-19(9-6-17(20)3)21-14-26-11-10-16(2)12-22(26)24-21/h4-14H,1-3H3,(H,25,27). The highest BCUT2D eigenvalue weighted by Crippen LogP contribution is 2.26. The summed E-state index contributed by atoms with van der Waals surface area (Å²) in [6.07, 6.45) is 4.01. The number of hydrogen-bond acceptors (Lipinski definition) is 2. The molecular formula is C23H21N3O. The molecule has 0 atom stereocenters. The Morgan fingerprint density at radius 3 is 2.48 bits per heavy atom. The monoisotopic (exact) mass is 355 g/mol. The van der Waals surface area contributed by atoms with Crippen LogP contribution in [0.4, 0.5) is 5.69 Å². The van der Waals surface area contributed by atoms with Crippen LogP contribution < -0.4 is 5.32 Å². The number of hydrogen-bond donors (Lipinski definition) is 1. The lowest BCUT2D eigenvalue weighted by Gasteiger charge is -2.10. The molecule has 2 aromatic carbocycles. The maximum absolute atomic E-state index is 12.6. The van der Waals surface area contributed by atoms with Gasteiger partial charge in [-0.1, -0.05) is 29.8 Å². The molecule has 4 nitrogen and oxygen atoms in total. The molecule has 4 heteroatoms. The lowest BCUT2D eigenvalue weighted by Crippen LogP contribution is -2.12. The molecule has 4 rings (SSSR count). The van der Waals surface area contributed by atoms with Gasteiger partial charge in [0.15, 0.2) is 0 Å². The third-order valence-electron chi connectivity index (χ3n) is 4.71. The van der Waals surface area contributed by atoms with Crippen molar-refractivity contribution in [3.63, 3.8) is 0 Å². The summed E-state index contributed by atoms with van der Waals surface area (Å²) in [7, 11) is 0. The number of nitrogens with one attached hydrogen (secondary N) is 1. The van der Waals surface area contributed by atoms with Gasteiger partial charge in [-0.05, 0) is 62.2 Å². The Labute approximate surface area is 158 Å². The van der Waals surface area contributed by atoms with Gasteiger partial charge in [0.05, 0.1) is 5.69 Å². The molecule has 0 fully saturated rings. The number of aryl methyl sites for hydroxylation is 3. The van der Waals surface area contributed by atoms with E-state index in [0.29, 0.717) is 5.56 Å². The second-order valence-electron chi connectivity index (χ2n) is 6.95. The molecule has 134 valence electrons. The van der Waals surface area contributed by atoms with E-state index in [0.717, 1.165) is 33.7 Å². The summed E-state index contributed by atoms with van der Waals surface area (Å²) in [6, 6.07) is 17.7. The highest BCUT2D eigenvalue weighted by molar-refractivity contribution is 6.05. The van der Waals surface area contributed by atoms with Crippen molar-refractivity contribution in [2.24, 2.45) is 0 Å². The number of anilines is 1. The topological polar surface area (TPSA) is 46.4 Å². The number of benzene rings is 2. The van der Waals surface area contributed by atoms with Gasteiger partial charge in [0.25, 0.3) is 5.91 Å². The molecule has 2 aromatic heterocycles. The van der Waals surface area contributed by atoms with E-state index in [4.69, 9.17) is 4.98 Å². The van der Waals surface area contributed by atoms with Crippen LogP contribution in [0, 0.1) is 20.8 Å². The van der Waals surface area contributed by atoms with Crippen LogP contribution in [-0.2, 0) is 0 Å². The number of imidazole rings is 1. The molecule has 0 saturated heterocycles. The number of aromatic nitrogens is 2. The molecule has 0 aliphatic heterocycles. The Morgan fingerprint density at radius 1 is 0.926 bits per heavy atom. The van der Waals surface area contributed by atoms with Gasteiger partial charge in [-0.25, -0.2) is 4.98 Å². The van der Waals surface area contributed by atoms with Gasteiger partial charge < -0.3 is 9.72 Å². The average molecular weight is 355 g/mol. The van der Waals surface area contributed by atoms with Gasteiger partial charge in [-0.3, -0.25) is 4.79 Å². The van der Waals surface area contributed by atoms with Gasteiger partial charge >= 0.3 is 0 Å². The number of amides is 1. The quantitative estimate of drug-likeness (QED) is 0.550. The Morgan fingerprint density at radius 2 is 1.70 bits per heavy atom. The summed E-state index contributed by atoms with van der Waals surface area (Å²) >= 11 is 0. The van der Waals surface area contributed by atoms with Crippen molar-refractivity contribution >= 4 is 17.2 Å². The summed E-state index contributed by atoms with van der Waals surface area (Å²) in [5.74, 6) is -0.110. The lowest BCUT2D eigenvalue weighted by atomic mass is 10.1. The third-order valence-corrected chi connectivity index (χ3v) is 4.71. The molecule has 0 saturated carbocycles. The van der Waals surface area contributed by atoms with Crippen molar-refractivity contribution in [1.29, 1.82) is 0 Å². The molecule has 0 radical (unpaired) electrons. The zero-order valence-electron chi connectivity index (χ0n) is 15.7. The van der Waals surface area contributed by atoms with Crippen LogP contribution in [0.15, 0.2) is 67.0 Å². The molecular weight excluding hydrogens is 334 g/mol. The Balaban J connectivity index is 1.66. The minimum Gasteiger partial charge on any atom is -0.322 e. The van der Waals surface area contributed by atoms with E-state index < -0.39 is 0 Å². The molecule has 1 N–H and O–H groups in total. The molecule has 0 unspecified atom stereocenters. The summed E-state index contributed by atoms with van der Waals surface area (Å²) in [5, 5.41) is 3.03. The van der Waals surface area contributed by atoms with Crippen molar-refractivity contribution in [1.82, 2.24) is 9.38 Å². The van der Waals surface area contributed by atoms with E-state index in [1.54, 1.807) is 0 Å². The summed E-state index contributed by atoms with van der Waals surface area (Å²) in [5.41, 5.74) is 7.53. The zero-order chi connectivity index (χ0) is 19.0. The maximum atomic E-state index is 12.6. The first-order valence-corrected chi connectivity index (χ1v) is 8.94. The summed E-state index contributed by atoms with van der Waals surface area (Å²) < 4.78 is 2.01. The van der Waals surface area contributed by atoms with Crippen LogP contribution >= 0.6 is 0 Å². The molecule has 2 heterocycles. The van der Waals surface area contributed by atoms with E-state index in [2.05, 4.69) is 24.4 Å². The highest BCUT2D eigenvalue weighted by atomic mass is 16.1. The second-order valence-corrected chi connectivity index (χ2v) is 6.95. The van der Waals surface area contributed by atoms with Crippen LogP contribution in [0.25, 0.3) is 16.9 Å². The van der Waals surface area contributed by atoms with Crippen LogP contribution in [0.5, 0.6) is 0 Å². The predicted octanol–water partition coefficient (Wildman–Crippen LogP) is 5.18. The second kappa shape index (κ2) is 6.72. The van der Waals surface area contributed by atoms with Crippen LogP contribution in [0.2, 0.25) is 0 Å². The first kappa shape index (κ1) is 17.0. The summed E-state index contributed by atoms with van der Waals surface area (Å²) in [4.78, 5) is 17.3. The fourth-order valence-electron chi connectivity index (χ4n) is 3.04. The molecule has 0 bridgehead atoms. The SMILES string of the molecule is Cc1ccc(C(=O)Nc2cc(-c3cn4ccc(C)cc4n3)ccc2C)cc1. The van der Waals surface area contributed by atoms with Gasteiger partial charge in [0, 0.05) is 29.2 Å². The number of pyridine rings is 1. The van der Waals surface area contributed by atoms with Gasteiger partial charge in [0.1, 0.15) is 5.65 Å². The van der Waals surface area contributed by atoms with Crippen molar-refractivity contribution in [2.45, 2.75) is 20.8 Å². The largest absolute Gasteiger partial charge is 0.322 e. The Hall–Kier alpha value is -3.40. The molecule has 0 aliphatic carbocycles. The summed E-state index contributed by atoms with van der Waals surface area (Å²) in [6.45, 7) is 6.05. The fraction of sp³-hybridized carbons (Fsp3) is 0.130.